The molecule has 0 aliphatic rings. The van der Waals surface area contributed by atoms with Crippen LogP contribution >= 0.6 is 27.5 Å². The number of rotatable bonds is 5. The Balaban J connectivity index is 2.15. The van der Waals surface area contributed by atoms with Gasteiger partial charge in [-0.3, -0.25) is 9.59 Å². The van der Waals surface area contributed by atoms with Crippen LogP contribution < -0.4 is 10.6 Å². The second kappa shape index (κ2) is 8.45. The highest BCUT2D eigenvalue weighted by Gasteiger charge is 2.18. The van der Waals surface area contributed by atoms with Crippen molar-refractivity contribution in [2.45, 2.75) is 26.3 Å². The van der Waals surface area contributed by atoms with Gasteiger partial charge in [0.15, 0.2) is 0 Å². The van der Waals surface area contributed by atoms with Gasteiger partial charge >= 0.3 is 0 Å². The number of carbonyl (C=O) groups is 2. The summed E-state index contributed by atoms with van der Waals surface area (Å²) < 4.78 is 13.8. The number of amides is 2. The van der Waals surface area contributed by atoms with E-state index in [2.05, 4.69) is 26.6 Å². The Labute approximate surface area is 158 Å². The van der Waals surface area contributed by atoms with Gasteiger partial charge in [0.25, 0.3) is 0 Å². The van der Waals surface area contributed by atoms with Gasteiger partial charge in [-0.25, -0.2) is 4.39 Å². The Hall–Kier alpha value is -1.92. The van der Waals surface area contributed by atoms with Crippen LogP contribution in [0.1, 0.15) is 30.5 Å². The molecule has 7 heteroatoms. The highest BCUT2D eigenvalue weighted by molar-refractivity contribution is 9.10. The molecule has 2 rings (SSSR count). The van der Waals surface area contributed by atoms with Crippen molar-refractivity contribution in [3.63, 3.8) is 0 Å². The predicted molar refractivity (Wildman–Crippen MR) is 100 cm³/mol. The van der Waals surface area contributed by atoms with Crippen molar-refractivity contribution in [3.8, 4) is 0 Å². The van der Waals surface area contributed by atoms with Crippen molar-refractivity contribution in [1.82, 2.24) is 5.32 Å². The van der Waals surface area contributed by atoms with E-state index in [9.17, 15) is 14.0 Å². The highest BCUT2D eigenvalue weighted by atomic mass is 79.9. The lowest BCUT2D eigenvalue weighted by Gasteiger charge is -2.19. The summed E-state index contributed by atoms with van der Waals surface area (Å²) in [6.07, 6.45) is 0.0373. The molecule has 2 amide bonds. The Morgan fingerprint density at radius 3 is 2.48 bits per heavy atom. The van der Waals surface area contributed by atoms with E-state index in [-0.39, 0.29) is 22.7 Å². The molecule has 0 aliphatic carbocycles. The average Bonchev–Trinajstić information content (AvgIpc) is 2.52. The molecule has 2 aromatic carbocycles. The van der Waals surface area contributed by atoms with Gasteiger partial charge in [-0.05, 0) is 58.2 Å². The van der Waals surface area contributed by atoms with Gasteiger partial charge in [0.1, 0.15) is 5.82 Å². The smallest absolute Gasteiger partial charge is 0.226 e. The maximum absolute atomic E-state index is 13.5. The summed E-state index contributed by atoms with van der Waals surface area (Å²) in [6, 6.07) is 9.28. The zero-order valence-corrected chi connectivity index (χ0v) is 16.0. The number of hydrogen-bond acceptors (Lipinski definition) is 2. The molecule has 0 radical (unpaired) electrons. The number of benzene rings is 2. The molecule has 0 unspecified atom stereocenters. The number of anilines is 1. The summed E-state index contributed by atoms with van der Waals surface area (Å²) in [7, 11) is 0. The molecular weight excluding hydrogens is 411 g/mol. The van der Waals surface area contributed by atoms with Gasteiger partial charge in [-0.1, -0.05) is 23.7 Å². The maximum atomic E-state index is 13.5. The number of hydrogen-bond donors (Lipinski definition) is 2. The molecule has 2 N–H and O–H groups in total. The molecule has 25 heavy (non-hydrogen) atoms. The molecule has 0 saturated carbocycles. The third-order valence-electron chi connectivity index (χ3n) is 3.58. The lowest BCUT2D eigenvalue weighted by atomic mass is 10.0. The lowest BCUT2D eigenvalue weighted by Crippen LogP contribution is -2.29. The van der Waals surface area contributed by atoms with E-state index in [1.807, 2.05) is 0 Å². The van der Waals surface area contributed by atoms with Crippen LogP contribution in [0.2, 0.25) is 5.02 Å². The fourth-order valence-corrected chi connectivity index (χ4v) is 2.83. The largest absolute Gasteiger partial charge is 0.349 e. The lowest BCUT2D eigenvalue weighted by molar-refractivity contribution is -0.120. The second-order valence-corrected chi connectivity index (χ2v) is 6.93. The van der Waals surface area contributed by atoms with Crippen LogP contribution in [0.5, 0.6) is 0 Å². The van der Waals surface area contributed by atoms with Crippen molar-refractivity contribution in [2.75, 3.05) is 5.32 Å². The van der Waals surface area contributed by atoms with Crippen LogP contribution in [0.3, 0.4) is 0 Å². The summed E-state index contributed by atoms with van der Waals surface area (Å²) >= 11 is 8.98. The van der Waals surface area contributed by atoms with Crippen LogP contribution in [-0.4, -0.2) is 11.8 Å². The van der Waals surface area contributed by atoms with Crippen molar-refractivity contribution in [1.29, 1.82) is 0 Å². The summed E-state index contributed by atoms with van der Waals surface area (Å²) in [5.74, 6) is -0.934. The van der Waals surface area contributed by atoms with E-state index in [1.54, 1.807) is 31.2 Å². The van der Waals surface area contributed by atoms with Crippen molar-refractivity contribution in [2.24, 2.45) is 0 Å². The average molecular weight is 428 g/mol. The number of carbonyl (C=O) groups excluding carboxylic acids is 2. The Morgan fingerprint density at radius 1 is 1.24 bits per heavy atom. The summed E-state index contributed by atoms with van der Waals surface area (Å²) in [5, 5.41) is 6.08. The summed E-state index contributed by atoms with van der Waals surface area (Å²) in [4.78, 5) is 23.8. The third kappa shape index (κ3) is 5.54. The van der Waals surface area contributed by atoms with Gasteiger partial charge in [0.2, 0.25) is 11.8 Å². The SMILES string of the molecule is CC(=O)N[C@@H](CC(=O)Nc1cc(Br)c(F)cc1C)c1ccc(Cl)cc1. The van der Waals surface area contributed by atoms with Crippen LogP contribution in [0.4, 0.5) is 10.1 Å². The van der Waals surface area contributed by atoms with E-state index in [4.69, 9.17) is 11.6 Å². The first-order valence-electron chi connectivity index (χ1n) is 7.54. The van der Waals surface area contributed by atoms with Gasteiger partial charge in [0, 0.05) is 17.6 Å². The first-order chi connectivity index (χ1) is 11.8. The maximum Gasteiger partial charge on any atom is 0.226 e. The van der Waals surface area contributed by atoms with Gasteiger partial charge in [-0.15, -0.1) is 0 Å². The highest BCUT2D eigenvalue weighted by Crippen LogP contribution is 2.25. The first kappa shape index (κ1) is 19.4. The molecule has 0 aromatic heterocycles. The van der Waals surface area contributed by atoms with Crippen LogP contribution in [0.15, 0.2) is 40.9 Å². The quantitative estimate of drug-likeness (QED) is 0.723. The molecule has 0 spiro atoms. The van der Waals surface area contributed by atoms with Crippen LogP contribution in [0, 0.1) is 12.7 Å². The van der Waals surface area contributed by atoms with E-state index in [1.165, 1.54) is 19.1 Å². The van der Waals surface area contributed by atoms with Crippen LogP contribution in [-0.2, 0) is 9.59 Å². The Kier molecular flexibility index (Phi) is 6.56. The minimum Gasteiger partial charge on any atom is -0.349 e. The number of nitrogens with one attached hydrogen (secondary N) is 2. The van der Waals surface area contributed by atoms with E-state index >= 15 is 0 Å². The number of halogens is 3. The predicted octanol–water partition coefficient (Wildman–Crippen LogP) is 4.76. The first-order valence-corrected chi connectivity index (χ1v) is 8.71. The molecule has 0 heterocycles. The fourth-order valence-electron chi connectivity index (χ4n) is 2.36. The minimum atomic E-state index is -0.487. The van der Waals surface area contributed by atoms with Crippen molar-refractivity contribution in [3.05, 3.63) is 62.8 Å². The second-order valence-electron chi connectivity index (χ2n) is 5.64. The van der Waals surface area contributed by atoms with Crippen molar-refractivity contribution >= 4 is 45.0 Å². The standard InChI is InChI=1S/C18H17BrClFN2O2/c1-10-7-15(21)14(19)8-16(10)23-18(25)9-17(22-11(2)24)12-3-5-13(20)6-4-12/h3-8,17H,9H2,1-2H3,(H,22,24)(H,23,25)/t17-/m0/s1. The topological polar surface area (TPSA) is 58.2 Å². The molecule has 0 saturated heterocycles. The molecule has 4 nitrogen and oxygen atoms in total. The Morgan fingerprint density at radius 2 is 1.88 bits per heavy atom. The van der Waals surface area contributed by atoms with Gasteiger partial charge < -0.3 is 10.6 Å². The molecule has 2 aromatic rings. The molecule has 132 valence electrons. The van der Waals surface area contributed by atoms with Crippen LogP contribution in [0.25, 0.3) is 0 Å². The third-order valence-corrected chi connectivity index (χ3v) is 4.44. The summed E-state index contributed by atoms with van der Waals surface area (Å²) in [5.41, 5.74) is 1.89. The molecule has 0 fully saturated rings. The Bertz CT molecular complexity index is 796. The fraction of sp³-hybridized carbons (Fsp3) is 0.222. The van der Waals surface area contributed by atoms with E-state index in [0.29, 0.717) is 16.3 Å². The monoisotopic (exact) mass is 426 g/mol. The normalized spacial score (nSPS) is 11.7. The summed E-state index contributed by atoms with van der Waals surface area (Å²) in [6.45, 7) is 3.09. The number of aryl methyl sites for hydroxylation is 1. The molecule has 1 atom stereocenters. The zero-order chi connectivity index (χ0) is 18.6. The molecule has 0 aliphatic heterocycles. The van der Waals surface area contributed by atoms with Gasteiger partial charge in [-0.2, -0.15) is 0 Å². The minimum absolute atomic E-state index is 0.0373. The van der Waals surface area contributed by atoms with E-state index < -0.39 is 11.9 Å². The molecule has 0 bridgehead atoms. The van der Waals surface area contributed by atoms with Gasteiger partial charge in [0.05, 0.1) is 16.9 Å². The van der Waals surface area contributed by atoms with Crippen molar-refractivity contribution < 1.29 is 14.0 Å². The van der Waals surface area contributed by atoms with E-state index in [0.717, 1.165) is 5.56 Å². The molecular formula is C18H17BrClFN2O2. The zero-order valence-electron chi connectivity index (χ0n) is 13.7.